The van der Waals surface area contributed by atoms with Gasteiger partial charge < -0.3 is 5.11 Å². The summed E-state index contributed by atoms with van der Waals surface area (Å²) >= 11 is 1.54. The third-order valence-electron chi connectivity index (χ3n) is 2.91. The highest BCUT2D eigenvalue weighted by Crippen LogP contribution is 2.30. The van der Waals surface area contributed by atoms with Gasteiger partial charge in [0.1, 0.15) is 5.69 Å². The van der Waals surface area contributed by atoms with Crippen molar-refractivity contribution >= 4 is 17.7 Å². The Morgan fingerprint density at radius 1 is 1.10 bits per heavy atom. The number of nitrogens with zero attached hydrogens (tertiary/aromatic N) is 1. The molecule has 0 aliphatic rings. The molecule has 0 atom stereocenters. The van der Waals surface area contributed by atoms with Gasteiger partial charge in [0.15, 0.2) is 0 Å². The van der Waals surface area contributed by atoms with Crippen molar-refractivity contribution in [2.45, 2.75) is 36.0 Å². The number of carboxylic acids is 1. The molecule has 0 unspecified atom stereocenters. The summed E-state index contributed by atoms with van der Waals surface area (Å²) in [5.74, 6) is -1.00. The lowest BCUT2D eigenvalue weighted by Crippen LogP contribution is -2.10. The molecule has 1 aromatic heterocycles. The van der Waals surface area contributed by atoms with Crippen LogP contribution in [0.4, 0.5) is 0 Å². The molecular weight excluding hydrogens is 270 g/mol. The van der Waals surface area contributed by atoms with Gasteiger partial charge in [-0.2, -0.15) is 0 Å². The van der Waals surface area contributed by atoms with Gasteiger partial charge in [0.25, 0.3) is 0 Å². The van der Waals surface area contributed by atoms with Crippen molar-refractivity contribution in [3.63, 3.8) is 0 Å². The van der Waals surface area contributed by atoms with Gasteiger partial charge in [-0.1, -0.05) is 44.7 Å². The van der Waals surface area contributed by atoms with Crippen molar-refractivity contribution in [1.82, 2.24) is 4.98 Å². The predicted octanol–water partition coefficient (Wildman–Crippen LogP) is 4.23. The van der Waals surface area contributed by atoms with Crippen molar-refractivity contribution in [2.75, 3.05) is 0 Å². The normalized spacial score (nSPS) is 11.3. The van der Waals surface area contributed by atoms with Crippen LogP contribution in [-0.2, 0) is 5.41 Å². The van der Waals surface area contributed by atoms with E-state index < -0.39 is 5.97 Å². The predicted molar refractivity (Wildman–Crippen MR) is 80.5 cm³/mol. The summed E-state index contributed by atoms with van der Waals surface area (Å²) < 4.78 is 0. The van der Waals surface area contributed by atoms with E-state index in [0.29, 0.717) is 0 Å². The summed E-state index contributed by atoms with van der Waals surface area (Å²) in [6, 6.07) is 11.8. The molecule has 1 heterocycles. The van der Waals surface area contributed by atoms with Crippen molar-refractivity contribution in [3.05, 3.63) is 53.9 Å². The Morgan fingerprint density at radius 3 is 2.30 bits per heavy atom. The molecule has 0 amide bonds. The molecule has 4 heteroatoms. The largest absolute Gasteiger partial charge is 0.477 e. The first-order valence-corrected chi connectivity index (χ1v) is 7.16. The third kappa shape index (κ3) is 3.61. The van der Waals surface area contributed by atoms with Crippen molar-refractivity contribution in [3.8, 4) is 0 Å². The summed E-state index contributed by atoms with van der Waals surface area (Å²) in [4.78, 5) is 16.7. The maximum Gasteiger partial charge on any atom is 0.354 e. The van der Waals surface area contributed by atoms with Crippen LogP contribution in [0.25, 0.3) is 0 Å². The molecule has 104 valence electrons. The first-order valence-electron chi connectivity index (χ1n) is 6.34. The minimum atomic E-state index is -1.00. The van der Waals surface area contributed by atoms with Gasteiger partial charge in [-0.15, -0.1) is 0 Å². The number of rotatable bonds is 3. The Labute approximate surface area is 123 Å². The molecule has 1 aromatic carbocycles. The Hall–Kier alpha value is -1.81. The van der Waals surface area contributed by atoms with E-state index in [1.54, 1.807) is 6.07 Å². The molecule has 1 N–H and O–H groups in total. The van der Waals surface area contributed by atoms with Crippen LogP contribution in [0.5, 0.6) is 0 Å². The van der Waals surface area contributed by atoms with Crippen LogP contribution in [-0.4, -0.2) is 16.1 Å². The molecule has 0 saturated heterocycles. The number of carbonyl (C=O) groups is 1. The van der Waals surface area contributed by atoms with E-state index in [4.69, 9.17) is 5.11 Å². The SMILES string of the molecule is CC(C)(C)c1ccc(Sc2ccnc(C(=O)O)c2)cc1. The Balaban J connectivity index is 2.18. The minimum Gasteiger partial charge on any atom is -0.477 e. The first kappa shape index (κ1) is 14.6. The van der Waals surface area contributed by atoms with Crippen molar-refractivity contribution < 1.29 is 9.90 Å². The minimum absolute atomic E-state index is 0.0707. The fourth-order valence-electron chi connectivity index (χ4n) is 1.75. The van der Waals surface area contributed by atoms with Crippen molar-refractivity contribution in [1.29, 1.82) is 0 Å². The number of aromatic nitrogens is 1. The van der Waals surface area contributed by atoms with Gasteiger partial charge in [-0.3, -0.25) is 0 Å². The lowest BCUT2D eigenvalue weighted by atomic mass is 9.87. The molecular formula is C16H17NO2S. The molecule has 0 fully saturated rings. The van der Waals surface area contributed by atoms with Gasteiger partial charge in [-0.05, 0) is 35.2 Å². The summed E-state index contributed by atoms with van der Waals surface area (Å²) in [7, 11) is 0. The zero-order valence-corrected chi connectivity index (χ0v) is 12.6. The zero-order valence-electron chi connectivity index (χ0n) is 11.8. The van der Waals surface area contributed by atoms with Crippen LogP contribution in [0.2, 0.25) is 0 Å². The Kier molecular flexibility index (Phi) is 4.14. The number of carboxylic acid groups (broad SMARTS) is 1. The highest BCUT2D eigenvalue weighted by molar-refractivity contribution is 7.99. The van der Waals surface area contributed by atoms with Gasteiger partial charge >= 0.3 is 5.97 Å². The van der Waals surface area contributed by atoms with E-state index in [2.05, 4.69) is 50.0 Å². The van der Waals surface area contributed by atoms with E-state index in [1.807, 2.05) is 6.07 Å². The Bertz CT molecular complexity index is 615. The fraction of sp³-hybridized carbons (Fsp3) is 0.250. The topological polar surface area (TPSA) is 50.2 Å². The van der Waals surface area contributed by atoms with E-state index in [-0.39, 0.29) is 11.1 Å². The summed E-state index contributed by atoms with van der Waals surface area (Å²) in [6.45, 7) is 6.53. The average Bonchev–Trinajstić information content (AvgIpc) is 2.38. The lowest BCUT2D eigenvalue weighted by molar-refractivity contribution is 0.0690. The number of aromatic carboxylic acids is 1. The quantitative estimate of drug-likeness (QED) is 0.918. The van der Waals surface area contributed by atoms with Gasteiger partial charge in [0.2, 0.25) is 0 Å². The summed E-state index contributed by atoms with van der Waals surface area (Å²) in [6.07, 6.45) is 1.52. The van der Waals surface area contributed by atoms with Gasteiger partial charge in [-0.25, -0.2) is 9.78 Å². The first-order chi connectivity index (χ1) is 9.36. The number of pyridine rings is 1. The molecule has 2 rings (SSSR count). The maximum atomic E-state index is 10.9. The van der Waals surface area contributed by atoms with Crippen LogP contribution >= 0.6 is 11.8 Å². The van der Waals surface area contributed by atoms with Crippen LogP contribution in [0.1, 0.15) is 36.8 Å². The Morgan fingerprint density at radius 2 is 1.75 bits per heavy atom. The zero-order chi connectivity index (χ0) is 14.8. The summed E-state index contributed by atoms with van der Waals surface area (Å²) in [5.41, 5.74) is 1.49. The fourth-order valence-corrected chi connectivity index (χ4v) is 2.59. The highest BCUT2D eigenvalue weighted by atomic mass is 32.2. The van der Waals surface area contributed by atoms with E-state index in [1.165, 1.54) is 23.5 Å². The molecule has 20 heavy (non-hydrogen) atoms. The van der Waals surface area contributed by atoms with E-state index >= 15 is 0 Å². The van der Waals surface area contributed by atoms with Crippen LogP contribution in [0.15, 0.2) is 52.4 Å². The molecule has 0 radical (unpaired) electrons. The monoisotopic (exact) mass is 287 g/mol. The van der Waals surface area contributed by atoms with Gasteiger partial charge in [0, 0.05) is 16.0 Å². The molecule has 0 aliphatic carbocycles. The van der Waals surface area contributed by atoms with E-state index in [0.717, 1.165) is 9.79 Å². The highest BCUT2D eigenvalue weighted by Gasteiger charge is 2.13. The van der Waals surface area contributed by atoms with E-state index in [9.17, 15) is 4.79 Å². The average molecular weight is 287 g/mol. The second kappa shape index (κ2) is 5.67. The number of hydrogen-bond acceptors (Lipinski definition) is 3. The number of benzene rings is 1. The molecule has 0 saturated carbocycles. The molecule has 2 aromatic rings. The smallest absolute Gasteiger partial charge is 0.354 e. The number of hydrogen-bond donors (Lipinski definition) is 1. The molecule has 0 spiro atoms. The molecule has 0 bridgehead atoms. The lowest BCUT2D eigenvalue weighted by Gasteiger charge is -2.19. The van der Waals surface area contributed by atoms with Crippen LogP contribution in [0.3, 0.4) is 0 Å². The van der Waals surface area contributed by atoms with Gasteiger partial charge in [0.05, 0.1) is 0 Å². The second-order valence-corrected chi connectivity index (χ2v) is 6.71. The second-order valence-electron chi connectivity index (χ2n) is 5.56. The van der Waals surface area contributed by atoms with Crippen LogP contribution in [0, 0.1) is 0 Å². The van der Waals surface area contributed by atoms with Crippen molar-refractivity contribution in [2.24, 2.45) is 0 Å². The molecule has 3 nitrogen and oxygen atoms in total. The standard InChI is InChI=1S/C16H17NO2S/c1-16(2,3)11-4-6-12(7-5-11)20-13-8-9-17-14(10-13)15(18)19/h4-10H,1-3H3,(H,18,19). The summed E-state index contributed by atoms with van der Waals surface area (Å²) in [5, 5.41) is 8.93. The maximum absolute atomic E-state index is 10.9. The molecule has 0 aliphatic heterocycles. The van der Waals surface area contributed by atoms with Crippen LogP contribution < -0.4 is 0 Å². The third-order valence-corrected chi connectivity index (χ3v) is 3.90.